The molecule has 0 unspecified atom stereocenters. The van der Waals surface area contributed by atoms with E-state index >= 15 is 0 Å². The molecule has 1 aromatic carbocycles. The molecular weight excluding hydrogens is 332 g/mol. The van der Waals surface area contributed by atoms with Crippen molar-refractivity contribution in [3.63, 3.8) is 0 Å². The molecule has 0 radical (unpaired) electrons. The van der Waals surface area contributed by atoms with Crippen molar-refractivity contribution in [1.82, 2.24) is 4.98 Å². The highest BCUT2D eigenvalue weighted by Crippen LogP contribution is 2.39. The number of nitrogens with two attached hydrogens (primary N) is 1. The van der Waals surface area contributed by atoms with Crippen LogP contribution in [0.15, 0.2) is 18.2 Å². The fourth-order valence-corrected chi connectivity index (χ4v) is 3.13. The van der Waals surface area contributed by atoms with Crippen LogP contribution in [0.3, 0.4) is 0 Å². The van der Waals surface area contributed by atoms with E-state index in [4.69, 9.17) is 15.2 Å². The molecule has 0 bridgehead atoms. The normalized spacial score (nSPS) is 13.0. The van der Waals surface area contributed by atoms with E-state index < -0.39 is 17.4 Å². The van der Waals surface area contributed by atoms with Crippen LogP contribution in [0.5, 0.6) is 5.75 Å². The van der Waals surface area contributed by atoms with Crippen LogP contribution >= 0.6 is 0 Å². The summed E-state index contributed by atoms with van der Waals surface area (Å²) in [6.07, 6.45) is 0.528. The van der Waals surface area contributed by atoms with Gasteiger partial charge in [0.25, 0.3) is 5.91 Å². The van der Waals surface area contributed by atoms with Gasteiger partial charge in [-0.05, 0) is 45.2 Å². The van der Waals surface area contributed by atoms with E-state index in [1.165, 1.54) is 0 Å². The van der Waals surface area contributed by atoms with E-state index in [1.807, 2.05) is 46.8 Å². The van der Waals surface area contributed by atoms with E-state index in [0.717, 1.165) is 0 Å². The van der Waals surface area contributed by atoms with Gasteiger partial charge in [-0.1, -0.05) is 19.9 Å². The van der Waals surface area contributed by atoms with Gasteiger partial charge in [0.05, 0.1) is 18.5 Å². The van der Waals surface area contributed by atoms with Gasteiger partial charge in [-0.25, -0.2) is 0 Å². The van der Waals surface area contributed by atoms with Crippen molar-refractivity contribution in [2.24, 2.45) is 11.7 Å². The van der Waals surface area contributed by atoms with Gasteiger partial charge in [-0.3, -0.25) is 9.59 Å². The van der Waals surface area contributed by atoms with Crippen LogP contribution < -0.4 is 10.5 Å². The maximum absolute atomic E-state index is 13.0. The second kappa shape index (κ2) is 7.40. The third kappa shape index (κ3) is 4.18. The Kier molecular flexibility index (Phi) is 5.64. The van der Waals surface area contributed by atoms with Gasteiger partial charge in [0.15, 0.2) is 0 Å². The quantitative estimate of drug-likeness (QED) is 0.767. The molecule has 2 aromatic rings. The standard InChI is InChI=1S/C20H28N2O4/c1-11(2)10-12(19(24)26-20(3,4)5)15-16-13(22-17(15)18(21)23)8-7-9-14(16)25-6/h7-9,11-12,22H,10H2,1-6H3,(H2,21,23)/t12-/m0/s1. The monoisotopic (exact) mass is 360 g/mol. The fraction of sp³-hybridized carbons (Fsp3) is 0.500. The lowest BCUT2D eigenvalue weighted by Crippen LogP contribution is -2.29. The minimum absolute atomic E-state index is 0.216. The van der Waals surface area contributed by atoms with E-state index in [1.54, 1.807) is 13.2 Å². The van der Waals surface area contributed by atoms with Crippen molar-refractivity contribution in [2.45, 2.75) is 52.6 Å². The van der Waals surface area contributed by atoms with Crippen LogP contribution in [0.4, 0.5) is 0 Å². The molecular formula is C20H28N2O4. The van der Waals surface area contributed by atoms with E-state index in [-0.39, 0.29) is 17.6 Å². The molecule has 0 saturated carbocycles. The Morgan fingerprint density at radius 3 is 2.38 bits per heavy atom. The first kappa shape index (κ1) is 19.8. The number of primary amides is 1. The maximum atomic E-state index is 13.0. The zero-order valence-electron chi connectivity index (χ0n) is 16.3. The molecule has 3 N–H and O–H groups in total. The number of nitrogens with one attached hydrogen (secondary N) is 1. The Labute approximate surface area is 154 Å². The van der Waals surface area contributed by atoms with Gasteiger partial charge >= 0.3 is 5.97 Å². The van der Waals surface area contributed by atoms with Gasteiger partial charge < -0.3 is 20.2 Å². The van der Waals surface area contributed by atoms with Crippen LogP contribution in [0.1, 0.15) is 63.0 Å². The van der Waals surface area contributed by atoms with Gasteiger partial charge in [-0.2, -0.15) is 0 Å². The molecule has 0 fully saturated rings. The number of hydrogen-bond donors (Lipinski definition) is 2. The first-order valence-electron chi connectivity index (χ1n) is 8.76. The van der Waals surface area contributed by atoms with Crippen molar-refractivity contribution < 1.29 is 19.1 Å². The summed E-state index contributed by atoms with van der Waals surface area (Å²) in [5.41, 5.74) is 6.44. The smallest absolute Gasteiger partial charge is 0.314 e. The number of carbonyl (C=O) groups is 2. The summed E-state index contributed by atoms with van der Waals surface area (Å²) in [4.78, 5) is 28.1. The third-order valence-corrected chi connectivity index (χ3v) is 4.04. The summed E-state index contributed by atoms with van der Waals surface area (Å²) in [6.45, 7) is 9.51. The number of carbonyl (C=O) groups excluding carboxylic acids is 2. The van der Waals surface area contributed by atoms with Crippen LogP contribution in [-0.4, -0.2) is 29.6 Å². The Hall–Kier alpha value is -2.50. The average Bonchev–Trinajstić information content (AvgIpc) is 2.90. The average molecular weight is 360 g/mol. The van der Waals surface area contributed by atoms with Crippen molar-refractivity contribution in [3.05, 3.63) is 29.5 Å². The first-order valence-corrected chi connectivity index (χ1v) is 8.76. The number of esters is 1. The van der Waals surface area contributed by atoms with Gasteiger partial charge in [0.1, 0.15) is 17.0 Å². The van der Waals surface area contributed by atoms with Crippen molar-refractivity contribution in [3.8, 4) is 5.75 Å². The number of benzene rings is 1. The molecule has 0 aliphatic rings. The van der Waals surface area contributed by atoms with Crippen molar-refractivity contribution in [1.29, 1.82) is 0 Å². The lowest BCUT2D eigenvalue weighted by Gasteiger charge is -2.25. The Bertz CT molecular complexity index is 815. The van der Waals surface area contributed by atoms with Crippen LogP contribution in [-0.2, 0) is 9.53 Å². The van der Waals surface area contributed by atoms with E-state index in [9.17, 15) is 9.59 Å². The SMILES string of the molecule is COc1cccc2[nH]c(C(N)=O)c([C@H](CC(C)C)C(=O)OC(C)(C)C)c12. The van der Waals surface area contributed by atoms with Gasteiger partial charge in [0, 0.05) is 10.9 Å². The molecule has 0 aliphatic heterocycles. The fourth-order valence-electron chi connectivity index (χ4n) is 3.13. The molecule has 142 valence electrons. The highest BCUT2D eigenvalue weighted by molar-refractivity contribution is 6.05. The Balaban J connectivity index is 2.73. The summed E-state index contributed by atoms with van der Waals surface area (Å²) >= 11 is 0. The number of fused-ring (bicyclic) bond motifs is 1. The molecule has 6 nitrogen and oxygen atoms in total. The third-order valence-electron chi connectivity index (χ3n) is 4.04. The number of hydrogen-bond acceptors (Lipinski definition) is 4. The molecule has 0 saturated heterocycles. The molecule has 1 amide bonds. The molecule has 0 aliphatic carbocycles. The van der Waals surface area contributed by atoms with Crippen molar-refractivity contribution >= 4 is 22.8 Å². The van der Waals surface area contributed by atoms with Gasteiger partial charge in [0.2, 0.25) is 0 Å². The minimum atomic E-state index is -0.630. The maximum Gasteiger partial charge on any atom is 0.314 e. The summed E-state index contributed by atoms with van der Waals surface area (Å²) in [7, 11) is 1.56. The highest BCUT2D eigenvalue weighted by Gasteiger charge is 2.34. The molecule has 2 rings (SSSR count). The topological polar surface area (TPSA) is 94.4 Å². The number of aromatic amines is 1. The van der Waals surface area contributed by atoms with Crippen LogP contribution in [0, 0.1) is 5.92 Å². The van der Waals surface area contributed by atoms with Crippen LogP contribution in [0.2, 0.25) is 0 Å². The van der Waals surface area contributed by atoms with Gasteiger partial charge in [-0.15, -0.1) is 0 Å². The second-order valence-corrected chi connectivity index (χ2v) is 7.88. The second-order valence-electron chi connectivity index (χ2n) is 7.88. The highest BCUT2D eigenvalue weighted by atomic mass is 16.6. The predicted molar refractivity (Wildman–Crippen MR) is 101 cm³/mol. The zero-order valence-corrected chi connectivity index (χ0v) is 16.3. The Morgan fingerprint density at radius 2 is 1.88 bits per heavy atom. The first-order chi connectivity index (χ1) is 12.0. The summed E-state index contributed by atoms with van der Waals surface area (Å²) in [5.74, 6) is -0.815. The van der Waals surface area contributed by atoms with E-state index in [2.05, 4.69) is 4.98 Å². The Morgan fingerprint density at radius 1 is 1.23 bits per heavy atom. The predicted octanol–water partition coefficient (Wildman–Crippen LogP) is 3.75. The lowest BCUT2D eigenvalue weighted by atomic mass is 9.87. The number of aromatic nitrogens is 1. The van der Waals surface area contributed by atoms with E-state index in [0.29, 0.717) is 28.6 Å². The van der Waals surface area contributed by atoms with Crippen molar-refractivity contribution in [2.75, 3.05) is 7.11 Å². The molecule has 1 aromatic heterocycles. The summed E-state index contributed by atoms with van der Waals surface area (Å²) in [5, 5.41) is 0.695. The lowest BCUT2D eigenvalue weighted by molar-refractivity contribution is -0.157. The van der Waals surface area contributed by atoms with Crippen LogP contribution in [0.25, 0.3) is 10.9 Å². The largest absolute Gasteiger partial charge is 0.496 e. The number of amides is 1. The number of H-pyrrole nitrogens is 1. The number of rotatable bonds is 6. The number of methoxy groups -OCH3 is 1. The zero-order chi connectivity index (χ0) is 19.6. The molecule has 26 heavy (non-hydrogen) atoms. The molecule has 6 heteroatoms. The molecule has 1 atom stereocenters. The molecule has 1 heterocycles. The summed E-state index contributed by atoms with van der Waals surface area (Å²) in [6, 6.07) is 5.44. The summed E-state index contributed by atoms with van der Waals surface area (Å²) < 4.78 is 11.1. The molecule has 0 spiro atoms. The number of ether oxygens (including phenoxy) is 2. The minimum Gasteiger partial charge on any atom is -0.496 e.